The van der Waals surface area contributed by atoms with Crippen LogP contribution in [0.1, 0.15) is 19.8 Å². The third-order valence-corrected chi connectivity index (χ3v) is 1.76. The fraction of sp³-hybridized carbons (Fsp3) is 0.900. The van der Waals surface area contributed by atoms with E-state index in [4.69, 9.17) is 14.6 Å². The smallest absolute Gasteiger partial charge is 0.251 e. The Morgan fingerprint density at radius 2 is 1.80 bits per heavy atom. The number of carbonyl (C=O) groups is 1. The topological polar surface area (TPSA) is 58.6 Å². The van der Waals surface area contributed by atoms with Gasteiger partial charge in [-0.2, -0.15) is 0 Å². The van der Waals surface area contributed by atoms with Crippen LogP contribution < -0.4 is 5.11 Å². The maximum absolute atomic E-state index is 9.03. The van der Waals surface area contributed by atoms with E-state index in [-0.39, 0.29) is 0 Å². The number of carbonyl (C=O) groups excluding carboxylic acids is 1. The van der Waals surface area contributed by atoms with Gasteiger partial charge in [-0.15, -0.1) is 0 Å². The van der Waals surface area contributed by atoms with E-state index < -0.39 is 6.16 Å². The molecule has 0 aromatic heterocycles. The van der Waals surface area contributed by atoms with Gasteiger partial charge in [0.1, 0.15) is 0 Å². The van der Waals surface area contributed by atoms with Crippen LogP contribution in [0.15, 0.2) is 0 Å². The molecule has 0 fully saturated rings. The molecule has 0 heterocycles. The number of ether oxygens (including phenoxy) is 2. The van der Waals surface area contributed by atoms with Crippen LogP contribution in [0.25, 0.3) is 0 Å². The summed E-state index contributed by atoms with van der Waals surface area (Å²) in [6, 6.07) is 0. The van der Waals surface area contributed by atoms with Crippen LogP contribution in [-0.4, -0.2) is 52.2 Å². The SMILES string of the molecule is CCCC[N+](C)(C)COC.COC(=O)[O-]. The molecule has 0 N–H and O–H groups in total. The van der Waals surface area contributed by atoms with E-state index in [0.29, 0.717) is 0 Å². The molecule has 0 amide bonds. The highest BCUT2D eigenvalue weighted by Crippen LogP contribution is 2.00. The summed E-state index contributed by atoms with van der Waals surface area (Å²) in [5.41, 5.74) is 0. The summed E-state index contributed by atoms with van der Waals surface area (Å²) in [6.07, 6.45) is 1.06. The highest BCUT2D eigenvalue weighted by molar-refractivity contribution is 5.53. The Bertz CT molecular complexity index is 160. The Labute approximate surface area is 92.2 Å². The zero-order valence-corrected chi connectivity index (χ0v) is 10.4. The molecule has 0 spiro atoms. The zero-order valence-electron chi connectivity index (χ0n) is 10.4. The Morgan fingerprint density at radius 3 is 2.07 bits per heavy atom. The van der Waals surface area contributed by atoms with Gasteiger partial charge < -0.3 is 23.9 Å². The molecule has 0 aromatic carbocycles. The van der Waals surface area contributed by atoms with Crippen LogP contribution in [0.3, 0.4) is 0 Å². The average Bonchev–Trinajstić information content (AvgIpc) is 2.16. The van der Waals surface area contributed by atoms with Crippen molar-refractivity contribution >= 4 is 6.16 Å². The predicted octanol–water partition coefficient (Wildman–Crippen LogP) is 0.443. The fourth-order valence-electron chi connectivity index (χ4n) is 1.00. The molecule has 0 atom stereocenters. The lowest BCUT2D eigenvalue weighted by Crippen LogP contribution is -2.41. The van der Waals surface area contributed by atoms with Crippen LogP contribution in [0.2, 0.25) is 0 Å². The molecule has 0 aromatic rings. The minimum absolute atomic E-state index is 0.819. The summed E-state index contributed by atoms with van der Waals surface area (Å²) < 4.78 is 9.61. The third-order valence-electron chi connectivity index (χ3n) is 1.76. The van der Waals surface area contributed by atoms with Crippen LogP contribution in [-0.2, 0) is 9.47 Å². The molecule has 0 saturated heterocycles. The van der Waals surface area contributed by atoms with Crippen LogP contribution in [0.4, 0.5) is 4.79 Å². The van der Waals surface area contributed by atoms with Gasteiger partial charge in [0.25, 0.3) is 6.16 Å². The van der Waals surface area contributed by atoms with Crippen molar-refractivity contribution in [3.8, 4) is 0 Å². The lowest BCUT2D eigenvalue weighted by Gasteiger charge is -2.28. The largest absolute Gasteiger partial charge is 0.553 e. The second kappa shape index (κ2) is 9.73. The molecule has 0 saturated carbocycles. The van der Waals surface area contributed by atoms with E-state index in [1.165, 1.54) is 19.4 Å². The number of carboxylic acid groups (broad SMARTS) is 1. The van der Waals surface area contributed by atoms with Crippen molar-refractivity contribution in [2.45, 2.75) is 19.8 Å². The van der Waals surface area contributed by atoms with E-state index in [1.807, 2.05) is 0 Å². The van der Waals surface area contributed by atoms with Gasteiger partial charge in [0.15, 0.2) is 6.73 Å². The molecule has 15 heavy (non-hydrogen) atoms. The minimum Gasteiger partial charge on any atom is -0.553 e. The second-order valence-electron chi connectivity index (χ2n) is 3.88. The summed E-state index contributed by atoms with van der Waals surface area (Å²) in [7, 11) is 7.18. The van der Waals surface area contributed by atoms with Gasteiger partial charge in [-0.25, -0.2) is 0 Å². The summed E-state index contributed by atoms with van der Waals surface area (Å²) >= 11 is 0. The highest BCUT2D eigenvalue weighted by Gasteiger charge is 2.11. The second-order valence-corrected chi connectivity index (χ2v) is 3.88. The molecule has 0 radical (unpaired) electrons. The minimum atomic E-state index is -1.50. The molecular weight excluding hydrogens is 198 g/mol. The first-order valence-electron chi connectivity index (χ1n) is 4.95. The Kier molecular flexibility index (Phi) is 10.8. The lowest BCUT2D eigenvalue weighted by atomic mass is 10.3. The monoisotopic (exact) mass is 221 g/mol. The predicted molar refractivity (Wildman–Crippen MR) is 56.2 cm³/mol. The van der Waals surface area contributed by atoms with E-state index in [0.717, 1.165) is 18.3 Å². The zero-order chi connectivity index (χ0) is 12.3. The number of unbranched alkanes of at least 4 members (excludes halogenated alkanes) is 1. The summed E-state index contributed by atoms with van der Waals surface area (Å²) in [6.45, 7) is 4.25. The molecule has 5 heteroatoms. The lowest BCUT2D eigenvalue weighted by molar-refractivity contribution is -0.909. The Hall–Kier alpha value is -0.810. The number of methoxy groups -OCH3 is 2. The number of hydrogen-bond donors (Lipinski definition) is 0. The maximum atomic E-state index is 9.03. The van der Waals surface area contributed by atoms with Crippen LogP contribution in [0.5, 0.6) is 0 Å². The van der Waals surface area contributed by atoms with E-state index in [9.17, 15) is 0 Å². The van der Waals surface area contributed by atoms with Gasteiger partial charge in [0, 0.05) is 14.2 Å². The first kappa shape index (κ1) is 16.6. The van der Waals surface area contributed by atoms with Crippen molar-refractivity contribution in [2.24, 2.45) is 0 Å². The maximum Gasteiger partial charge on any atom is 0.251 e. The number of quaternary nitrogens is 1. The molecule has 0 aliphatic rings. The number of hydrogen-bond acceptors (Lipinski definition) is 4. The van der Waals surface area contributed by atoms with Gasteiger partial charge in [-0.1, -0.05) is 13.3 Å². The number of rotatable bonds is 5. The molecule has 5 nitrogen and oxygen atoms in total. The van der Waals surface area contributed by atoms with Crippen molar-refractivity contribution in [1.29, 1.82) is 0 Å². The van der Waals surface area contributed by atoms with E-state index >= 15 is 0 Å². The third kappa shape index (κ3) is 15.9. The van der Waals surface area contributed by atoms with Crippen molar-refractivity contribution in [2.75, 3.05) is 41.6 Å². The summed E-state index contributed by atoms with van der Waals surface area (Å²) in [4.78, 5) is 9.03. The molecule has 92 valence electrons. The van der Waals surface area contributed by atoms with Crippen molar-refractivity contribution in [3.63, 3.8) is 0 Å². The molecule has 0 rings (SSSR count). The van der Waals surface area contributed by atoms with Crippen LogP contribution in [0, 0.1) is 0 Å². The quantitative estimate of drug-likeness (QED) is 0.384. The Morgan fingerprint density at radius 1 is 1.33 bits per heavy atom. The van der Waals surface area contributed by atoms with E-state index in [1.54, 1.807) is 7.11 Å². The molecule has 0 aliphatic carbocycles. The Balaban J connectivity index is 0. The molecule has 0 unspecified atom stereocenters. The molecule has 0 aliphatic heterocycles. The van der Waals surface area contributed by atoms with Crippen LogP contribution >= 0.6 is 0 Å². The van der Waals surface area contributed by atoms with Gasteiger partial charge >= 0.3 is 0 Å². The van der Waals surface area contributed by atoms with E-state index in [2.05, 4.69) is 25.8 Å². The molecular formula is C10H23NO4. The van der Waals surface area contributed by atoms with Crippen molar-refractivity contribution in [3.05, 3.63) is 0 Å². The first-order valence-corrected chi connectivity index (χ1v) is 4.95. The normalized spacial score (nSPS) is 10.2. The standard InChI is InChI=1S/C8H20NO.C2H4O3/c1-5-6-7-9(2,3)8-10-4;1-5-2(3)4/h5-8H2,1-4H3;1H3,(H,3,4)/q+1;/p-1. The highest BCUT2D eigenvalue weighted by atomic mass is 16.6. The van der Waals surface area contributed by atoms with Gasteiger partial charge in [-0.3, -0.25) is 0 Å². The van der Waals surface area contributed by atoms with Gasteiger partial charge in [0.2, 0.25) is 0 Å². The van der Waals surface area contributed by atoms with Gasteiger partial charge in [0.05, 0.1) is 20.6 Å². The van der Waals surface area contributed by atoms with Crippen molar-refractivity contribution < 1.29 is 23.9 Å². The summed E-state index contributed by atoms with van der Waals surface area (Å²) in [5, 5.41) is 9.03. The number of nitrogens with zero attached hydrogens (tertiary/aromatic N) is 1. The summed E-state index contributed by atoms with van der Waals surface area (Å²) in [5.74, 6) is 0. The average molecular weight is 221 g/mol. The van der Waals surface area contributed by atoms with Crippen molar-refractivity contribution in [1.82, 2.24) is 0 Å². The first-order chi connectivity index (χ1) is 6.89. The fourth-order valence-corrected chi connectivity index (χ4v) is 1.00. The molecule has 0 bridgehead atoms. The van der Waals surface area contributed by atoms with Gasteiger partial charge in [-0.05, 0) is 6.42 Å².